The Kier molecular flexibility index (Phi) is 4.37. The summed E-state index contributed by atoms with van der Waals surface area (Å²) in [5, 5.41) is 0.590. The number of nitrogens with two attached hydrogens (primary N) is 1. The summed E-state index contributed by atoms with van der Waals surface area (Å²) in [6.07, 6.45) is 2.66. The number of hydrogen-bond donors (Lipinski definition) is 1. The van der Waals surface area contributed by atoms with Gasteiger partial charge in [0.1, 0.15) is 0 Å². The Labute approximate surface area is 116 Å². The van der Waals surface area contributed by atoms with Crippen molar-refractivity contribution < 1.29 is 9.13 Å². The molecule has 1 heterocycles. The number of thiazole rings is 1. The van der Waals surface area contributed by atoms with Gasteiger partial charge in [-0.05, 0) is 24.1 Å². The molecule has 2 rings (SSSR count). The van der Waals surface area contributed by atoms with Crippen LogP contribution in [-0.4, -0.2) is 12.1 Å². The lowest BCUT2D eigenvalue weighted by molar-refractivity contribution is 0.386. The van der Waals surface area contributed by atoms with E-state index >= 15 is 0 Å². The molecule has 5 heteroatoms. The maximum atomic E-state index is 13.4. The van der Waals surface area contributed by atoms with Crippen molar-refractivity contribution in [3.63, 3.8) is 0 Å². The fraction of sp³-hybridized carbons (Fsp3) is 0.357. The monoisotopic (exact) mass is 280 g/mol. The summed E-state index contributed by atoms with van der Waals surface area (Å²) in [6.45, 7) is 2.11. The van der Waals surface area contributed by atoms with Gasteiger partial charge in [-0.1, -0.05) is 19.4 Å². The van der Waals surface area contributed by atoms with Gasteiger partial charge in [-0.15, -0.1) is 11.3 Å². The minimum absolute atomic E-state index is 0.270. The molecule has 3 nitrogen and oxygen atoms in total. The number of nitrogen functional groups attached to an aromatic ring is 1. The molecule has 0 saturated carbocycles. The van der Waals surface area contributed by atoms with Crippen LogP contribution in [0.1, 0.15) is 29.5 Å². The van der Waals surface area contributed by atoms with Gasteiger partial charge in [0.05, 0.1) is 12.8 Å². The molecule has 2 N–H and O–H groups in total. The first-order valence-electron chi connectivity index (χ1n) is 6.20. The third kappa shape index (κ3) is 3.23. The number of ether oxygens (including phenoxy) is 1. The average molecular weight is 280 g/mol. The van der Waals surface area contributed by atoms with Crippen molar-refractivity contribution in [2.75, 3.05) is 12.8 Å². The van der Waals surface area contributed by atoms with Crippen LogP contribution < -0.4 is 10.5 Å². The van der Waals surface area contributed by atoms with Crippen molar-refractivity contribution in [3.05, 3.63) is 40.2 Å². The summed E-state index contributed by atoms with van der Waals surface area (Å²) in [4.78, 5) is 5.49. The van der Waals surface area contributed by atoms with Gasteiger partial charge >= 0.3 is 0 Å². The lowest BCUT2D eigenvalue weighted by atomic mass is 10.1. The van der Waals surface area contributed by atoms with E-state index in [1.165, 1.54) is 24.5 Å². The zero-order valence-electron chi connectivity index (χ0n) is 11.1. The Morgan fingerprint density at radius 2 is 2.21 bits per heavy atom. The molecule has 0 aliphatic rings. The second-order valence-electron chi connectivity index (χ2n) is 4.32. The van der Waals surface area contributed by atoms with Crippen LogP contribution in [0, 0.1) is 5.82 Å². The van der Waals surface area contributed by atoms with Crippen molar-refractivity contribution in [2.45, 2.75) is 26.2 Å². The molecule has 0 atom stereocenters. The molecule has 2 aromatic rings. The van der Waals surface area contributed by atoms with E-state index in [9.17, 15) is 4.39 Å². The number of rotatable bonds is 5. The highest BCUT2D eigenvalue weighted by molar-refractivity contribution is 7.15. The van der Waals surface area contributed by atoms with Gasteiger partial charge in [0.15, 0.2) is 16.7 Å². The minimum atomic E-state index is -0.344. The van der Waals surface area contributed by atoms with Gasteiger partial charge in [-0.2, -0.15) is 0 Å². The lowest BCUT2D eigenvalue weighted by Crippen LogP contribution is -1.95. The molecule has 0 aliphatic carbocycles. The summed E-state index contributed by atoms with van der Waals surface area (Å²) >= 11 is 1.50. The van der Waals surface area contributed by atoms with Gasteiger partial charge in [0, 0.05) is 11.3 Å². The third-order valence-electron chi connectivity index (χ3n) is 2.86. The number of anilines is 1. The zero-order chi connectivity index (χ0) is 13.8. The number of halogens is 1. The molecule has 0 bridgehead atoms. The highest BCUT2D eigenvalue weighted by Crippen LogP contribution is 2.26. The van der Waals surface area contributed by atoms with Gasteiger partial charge in [0.25, 0.3) is 0 Å². The first-order chi connectivity index (χ1) is 9.13. The van der Waals surface area contributed by atoms with Gasteiger partial charge in [-0.3, -0.25) is 0 Å². The topological polar surface area (TPSA) is 48.1 Å². The summed E-state index contributed by atoms with van der Waals surface area (Å²) in [7, 11) is 1.47. The van der Waals surface area contributed by atoms with Crippen molar-refractivity contribution in [1.82, 2.24) is 4.98 Å². The fourth-order valence-electron chi connectivity index (χ4n) is 1.97. The van der Waals surface area contributed by atoms with Crippen LogP contribution in [-0.2, 0) is 12.8 Å². The molecule has 102 valence electrons. The largest absolute Gasteiger partial charge is 0.494 e. The summed E-state index contributed by atoms with van der Waals surface area (Å²) in [5.74, 6) is -0.0733. The van der Waals surface area contributed by atoms with Crippen molar-refractivity contribution in [2.24, 2.45) is 0 Å². The third-order valence-corrected chi connectivity index (χ3v) is 3.79. The minimum Gasteiger partial charge on any atom is -0.494 e. The molecule has 1 aromatic heterocycles. The molecular formula is C14H17FN2OS. The summed E-state index contributed by atoms with van der Waals surface area (Å²) in [6, 6.07) is 4.92. The summed E-state index contributed by atoms with van der Waals surface area (Å²) < 4.78 is 18.4. The molecule has 0 fully saturated rings. The molecule has 0 unspecified atom stereocenters. The SMILES string of the molecule is CCCc1nc(N)sc1Cc1ccc(F)c(OC)c1. The van der Waals surface area contributed by atoms with Crippen LogP contribution in [0.5, 0.6) is 5.75 Å². The standard InChI is InChI=1S/C14H17FN2OS/c1-3-4-11-13(19-14(16)17-11)8-9-5-6-10(15)12(7-9)18-2/h5-7H,3-4,8H2,1-2H3,(H2,16,17). The Bertz CT molecular complexity index is 569. The number of benzene rings is 1. The smallest absolute Gasteiger partial charge is 0.180 e. The Morgan fingerprint density at radius 3 is 2.89 bits per heavy atom. The second kappa shape index (κ2) is 6.02. The van der Waals surface area contributed by atoms with Gasteiger partial charge < -0.3 is 10.5 Å². The lowest BCUT2D eigenvalue weighted by Gasteiger charge is -2.05. The van der Waals surface area contributed by atoms with E-state index in [4.69, 9.17) is 10.5 Å². The van der Waals surface area contributed by atoms with Crippen molar-refractivity contribution in [3.8, 4) is 5.75 Å². The normalized spacial score (nSPS) is 10.7. The maximum Gasteiger partial charge on any atom is 0.180 e. The van der Waals surface area contributed by atoms with Crippen molar-refractivity contribution in [1.29, 1.82) is 0 Å². The number of hydrogen-bond acceptors (Lipinski definition) is 4. The molecule has 0 amide bonds. The van der Waals surface area contributed by atoms with E-state index in [1.54, 1.807) is 12.1 Å². The van der Waals surface area contributed by atoms with E-state index in [0.717, 1.165) is 29.0 Å². The predicted molar refractivity (Wildman–Crippen MR) is 76.3 cm³/mol. The van der Waals surface area contributed by atoms with Crippen LogP contribution in [0.15, 0.2) is 18.2 Å². The highest BCUT2D eigenvalue weighted by Gasteiger charge is 2.11. The van der Waals surface area contributed by atoms with E-state index in [2.05, 4.69) is 11.9 Å². The number of methoxy groups -OCH3 is 1. The van der Waals surface area contributed by atoms with Crippen molar-refractivity contribution >= 4 is 16.5 Å². The Hall–Kier alpha value is -1.62. The van der Waals surface area contributed by atoms with Crippen LogP contribution in [0.4, 0.5) is 9.52 Å². The molecule has 0 saturated heterocycles. The summed E-state index contributed by atoms with van der Waals surface area (Å²) in [5.41, 5.74) is 7.81. The van der Waals surface area contributed by atoms with E-state index in [1.807, 2.05) is 0 Å². The Balaban J connectivity index is 2.25. The number of aromatic nitrogens is 1. The molecule has 1 aromatic carbocycles. The predicted octanol–water partition coefficient (Wildman–Crippen LogP) is 3.42. The van der Waals surface area contributed by atoms with Crippen LogP contribution in [0.25, 0.3) is 0 Å². The van der Waals surface area contributed by atoms with E-state index < -0.39 is 0 Å². The highest BCUT2D eigenvalue weighted by atomic mass is 32.1. The van der Waals surface area contributed by atoms with Crippen LogP contribution in [0.2, 0.25) is 0 Å². The molecular weight excluding hydrogens is 263 g/mol. The molecule has 0 radical (unpaired) electrons. The Morgan fingerprint density at radius 1 is 1.42 bits per heavy atom. The average Bonchev–Trinajstić information content (AvgIpc) is 2.72. The molecule has 0 aliphatic heterocycles. The molecule has 19 heavy (non-hydrogen) atoms. The number of nitrogens with zero attached hydrogens (tertiary/aromatic N) is 1. The van der Waals surface area contributed by atoms with E-state index in [0.29, 0.717) is 11.6 Å². The van der Waals surface area contributed by atoms with E-state index in [-0.39, 0.29) is 11.6 Å². The first-order valence-corrected chi connectivity index (χ1v) is 7.02. The van der Waals surface area contributed by atoms with Gasteiger partial charge in [0.2, 0.25) is 0 Å². The first kappa shape index (κ1) is 13.8. The van der Waals surface area contributed by atoms with Gasteiger partial charge in [-0.25, -0.2) is 9.37 Å². The fourth-order valence-corrected chi connectivity index (χ4v) is 2.89. The number of aryl methyl sites for hydroxylation is 1. The second-order valence-corrected chi connectivity index (χ2v) is 5.43. The quantitative estimate of drug-likeness (QED) is 0.913. The maximum absolute atomic E-state index is 13.4. The van der Waals surface area contributed by atoms with Crippen LogP contribution in [0.3, 0.4) is 0 Å². The van der Waals surface area contributed by atoms with Crippen LogP contribution >= 0.6 is 11.3 Å². The zero-order valence-corrected chi connectivity index (χ0v) is 11.9. The molecule has 0 spiro atoms.